The predicted octanol–water partition coefficient (Wildman–Crippen LogP) is 6.90. The van der Waals surface area contributed by atoms with Gasteiger partial charge >= 0.3 is 10.2 Å². The lowest BCUT2D eigenvalue weighted by molar-refractivity contribution is 0.500. The summed E-state index contributed by atoms with van der Waals surface area (Å²) in [6.45, 7) is 0. The Hall–Kier alpha value is -3.43. The van der Waals surface area contributed by atoms with Crippen LogP contribution in [0, 0.1) is 0 Å². The second-order valence-electron chi connectivity index (χ2n) is 6.86. The van der Waals surface area contributed by atoms with Gasteiger partial charge in [0.1, 0.15) is 0 Å². The van der Waals surface area contributed by atoms with Crippen LogP contribution < -0.4 is 4.18 Å². The van der Waals surface area contributed by atoms with Gasteiger partial charge in [-0.1, -0.05) is 72.8 Å². The molecule has 0 aliphatic rings. The number of benzene rings is 5. The molecule has 5 rings (SSSR count). The Kier molecular flexibility index (Phi) is 4.38. The minimum Gasteiger partial charge on any atom is -0.275 e. The standard InChI is InChI=1S/C26H19O2S/c27-29(23-15-5-2-6-16-23,28-22-13-3-1-4-14-22)26-24-17-9-7-11-20(24)19-21-12-8-10-18-25(21)26/h1-19H/q+1. The van der Waals surface area contributed by atoms with E-state index in [0.717, 1.165) is 26.4 Å². The highest BCUT2D eigenvalue weighted by atomic mass is 32.3. The molecule has 1 atom stereocenters. The quantitative estimate of drug-likeness (QED) is 0.244. The normalized spacial score (nSPS) is 13.2. The maximum Gasteiger partial charge on any atom is 0.326 e. The van der Waals surface area contributed by atoms with Crippen molar-refractivity contribution >= 4 is 31.8 Å². The molecule has 3 heteroatoms. The van der Waals surface area contributed by atoms with Crippen LogP contribution in [0.15, 0.2) is 125 Å². The maximum absolute atomic E-state index is 14.8. The third kappa shape index (κ3) is 3.10. The van der Waals surface area contributed by atoms with Gasteiger partial charge in [0.25, 0.3) is 0 Å². The van der Waals surface area contributed by atoms with E-state index in [1.807, 2.05) is 97.1 Å². The van der Waals surface area contributed by atoms with E-state index in [0.29, 0.717) is 10.6 Å². The molecule has 0 fully saturated rings. The third-order valence-corrected chi connectivity index (χ3v) is 7.30. The molecule has 0 heterocycles. The van der Waals surface area contributed by atoms with E-state index in [4.69, 9.17) is 4.18 Å². The maximum atomic E-state index is 14.8. The highest BCUT2D eigenvalue weighted by molar-refractivity contribution is 7.99. The van der Waals surface area contributed by atoms with Gasteiger partial charge in [0, 0.05) is 10.8 Å². The van der Waals surface area contributed by atoms with Crippen molar-refractivity contribution in [3.05, 3.63) is 115 Å². The van der Waals surface area contributed by atoms with Crippen LogP contribution >= 0.6 is 0 Å². The molecular formula is C26H19O2S+. The first-order valence-electron chi connectivity index (χ1n) is 9.50. The summed E-state index contributed by atoms with van der Waals surface area (Å²) in [5.74, 6) is 0.582. The molecule has 0 aliphatic carbocycles. The zero-order valence-electron chi connectivity index (χ0n) is 15.7. The van der Waals surface area contributed by atoms with Gasteiger partial charge in [0.15, 0.2) is 5.75 Å². The van der Waals surface area contributed by atoms with E-state index in [9.17, 15) is 4.21 Å². The average molecular weight is 396 g/mol. The summed E-state index contributed by atoms with van der Waals surface area (Å²) >= 11 is 0. The Balaban J connectivity index is 1.89. The largest absolute Gasteiger partial charge is 0.326 e. The van der Waals surface area contributed by atoms with Gasteiger partial charge in [-0.25, -0.2) is 0 Å². The number of fused-ring (bicyclic) bond motifs is 2. The van der Waals surface area contributed by atoms with E-state index in [1.165, 1.54) is 0 Å². The van der Waals surface area contributed by atoms with Crippen LogP contribution in [0.4, 0.5) is 0 Å². The fourth-order valence-electron chi connectivity index (χ4n) is 3.68. The Morgan fingerprint density at radius 3 is 1.62 bits per heavy atom. The third-order valence-electron chi connectivity index (χ3n) is 5.00. The molecule has 0 saturated carbocycles. The number of hydrogen-bond donors (Lipinski definition) is 0. The summed E-state index contributed by atoms with van der Waals surface area (Å²) in [6, 6.07) is 37.1. The molecule has 5 aromatic rings. The fraction of sp³-hybridized carbons (Fsp3) is 0. The molecule has 1 unspecified atom stereocenters. The van der Waals surface area contributed by atoms with Crippen LogP contribution in [0.2, 0.25) is 0 Å². The highest BCUT2D eigenvalue weighted by Gasteiger charge is 2.41. The smallest absolute Gasteiger partial charge is 0.275 e. The molecule has 29 heavy (non-hydrogen) atoms. The van der Waals surface area contributed by atoms with Crippen LogP contribution in [-0.2, 0) is 14.4 Å². The Bertz CT molecular complexity index is 1290. The van der Waals surface area contributed by atoms with Crippen LogP contribution in [0.5, 0.6) is 5.75 Å². The van der Waals surface area contributed by atoms with Crippen molar-refractivity contribution in [1.82, 2.24) is 0 Å². The Labute approximate surface area is 171 Å². The number of hydrogen-bond acceptors (Lipinski definition) is 2. The van der Waals surface area contributed by atoms with Crippen molar-refractivity contribution < 1.29 is 8.39 Å². The molecule has 0 aliphatic heterocycles. The molecule has 140 valence electrons. The van der Waals surface area contributed by atoms with E-state index >= 15 is 0 Å². The van der Waals surface area contributed by atoms with Gasteiger partial charge in [-0.15, -0.1) is 0 Å². The molecule has 0 saturated heterocycles. The molecule has 0 amide bonds. The summed E-state index contributed by atoms with van der Waals surface area (Å²) in [7, 11) is -3.05. The van der Waals surface area contributed by atoms with Crippen molar-refractivity contribution in [1.29, 1.82) is 0 Å². The van der Waals surface area contributed by atoms with E-state index in [-0.39, 0.29) is 0 Å². The Morgan fingerprint density at radius 2 is 1.03 bits per heavy atom. The minimum absolute atomic E-state index is 0.582. The van der Waals surface area contributed by atoms with Crippen molar-refractivity contribution in [2.45, 2.75) is 9.79 Å². The molecule has 5 aromatic carbocycles. The van der Waals surface area contributed by atoms with Gasteiger partial charge in [-0.05, 0) is 57.4 Å². The average Bonchev–Trinajstić information content (AvgIpc) is 2.78. The number of para-hydroxylation sites is 1. The zero-order valence-corrected chi connectivity index (χ0v) is 16.5. The predicted molar refractivity (Wildman–Crippen MR) is 120 cm³/mol. The first kappa shape index (κ1) is 17.7. The van der Waals surface area contributed by atoms with Crippen molar-refractivity contribution in [2.24, 2.45) is 0 Å². The summed E-state index contributed by atoms with van der Waals surface area (Å²) in [6.07, 6.45) is 0. The molecule has 0 aromatic heterocycles. The topological polar surface area (TPSA) is 26.3 Å². The SMILES string of the molecule is O=[S+](Oc1ccccc1)(c1ccccc1)c1c2ccccc2cc2ccccc12. The second-order valence-corrected chi connectivity index (χ2v) is 8.91. The van der Waals surface area contributed by atoms with Crippen molar-refractivity contribution in [2.75, 3.05) is 0 Å². The second kappa shape index (κ2) is 7.19. The monoisotopic (exact) mass is 395 g/mol. The Morgan fingerprint density at radius 1 is 0.552 bits per heavy atom. The minimum atomic E-state index is -3.05. The summed E-state index contributed by atoms with van der Waals surface area (Å²) in [5.41, 5.74) is 0. The van der Waals surface area contributed by atoms with Gasteiger partial charge in [-0.3, -0.25) is 4.18 Å². The first-order chi connectivity index (χ1) is 14.3. The molecule has 0 radical (unpaired) electrons. The summed E-state index contributed by atoms with van der Waals surface area (Å²) in [5, 5.41) is 3.97. The number of rotatable bonds is 4. The summed E-state index contributed by atoms with van der Waals surface area (Å²) < 4.78 is 21.1. The van der Waals surface area contributed by atoms with E-state index in [2.05, 4.69) is 18.2 Å². The van der Waals surface area contributed by atoms with Crippen molar-refractivity contribution in [3.8, 4) is 5.75 Å². The molecule has 0 spiro atoms. The molecule has 2 nitrogen and oxygen atoms in total. The first-order valence-corrected chi connectivity index (χ1v) is 11.0. The van der Waals surface area contributed by atoms with Crippen LogP contribution in [0.25, 0.3) is 21.5 Å². The lowest BCUT2D eigenvalue weighted by Gasteiger charge is -2.16. The van der Waals surface area contributed by atoms with Crippen LogP contribution in [0.1, 0.15) is 0 Å². The van der Waals surface area contributed by atoms with Gasteiger partial charge in [0.2, 0.25) is 9.79 Å². The van der Waals surface area contributed by atoms with Gasteiger partial charge < -0.3 is 0 Å². The zero-order chi connectivity index (χ0) is 19.7. The lowest BCUT2D eigenvalue weighted by Crippen LogP contribution is -2.20. The van der Waals surface area contributed by atoms with Crippen LogP contribution in [0.3, 0.4) is 0 Å². The lowest BCUT2D eigenvalue weighted by atomic mass is 10.0. The highest BCUT2D eigenvalue weighted by Crippen LogP contribution is 2.41. The molecular weight excluding hydrogens is 376 g/mol. The molecule has 0 bridgehead atoms. The van der Waals surface area contributed by atoms with Gasteiger partial charge in [-0.2, -0.15) is 0 Å². The van der Waals surface area contributed by atoms with Crippen LogP contribution in [-0.4, -0.2) is 0 Å². The summed E-state index contributed by atoms with van der Waals surface area (Å²) in [4.78, 5) is 1.38. The van der Waals surface area contributed by atoms with Gasteiger partial charge in [0.05, 0.1) is 0 Å². The fourth-order valence-corrected chi connectivity index (χ4v) is 5.94. The van der Waals surface area contributed by atoms with E-state index < -0.39 is 10.2 Å². The van der Waals surface area contributed by atoms with Crippen molar-refractivity contribution in [3.63, 3.8) is 0 Å². The molecule has 0 N–H and O–H groups in total. The van der Waals surface area contributed by atoms with E-state index in [1.54, 1.807) is 0 Å².